The van der Waals surface area contributed by atoms with Crippen molar-refractivity contribution >= 4 is 65.5 Å². The van der Waals surface area contributed by atoms with Gasteiger partial charge >= 0.3 is 5.97 Å². The van der Waals surface area contributed by atoms with E-state index >= 15 is 0 Å². The maximum absolute atomic E-state index is 12.5. The van der Waals surface area contributed by atoms with E-state index in [1.165, 1.54) is 28.7 Å². The maximum Gasteiger partial charge on any atom is 0.350 e. The number of ether oxygens (including phenoxy) is 1. The second kappa shape index (κ2) is 6.70. The topological polar surface area (TPSA) is 60.7 Å². The van der Waals surface area contributed by atoms with E-state index in [1.807, 2.05) is 48.5 Å². The minimum atomic E-state index is -0.524. The van der Waals surface area contributed by atoms with Crippen molar-refractivity contribution in [1.82, 2.24) is 9.38 Å². The lowest BCUT2D eigenvalue weighted by molar-refractivity contribution is 0.0474. The summed E-state index contributed by atoms with van der Waals surface area (Å²) in [6, 6.07) is 16.5. The number of carbonyl (C=O) groups is 1. The van der Waals surface area contributed by atoms with Gasteiger partial charge in [0.05, 0.1) is 20.9 Å². The number of fused-ring (bicyclic) bond motifs is 4. The molecule has 0 saturated carbocycles. The highest BCUT2D eigenvalue weighted by atomic mass is 35.5. The van der Waals surface area contributed by atoms with E-state index in [1.54, 1.807) is 4.40 Å². The average molecular weight is 427 g/mol. The number of thiophene rings is 1. The molecule has 0 fully saturated rings. The number of halogens is 1. The molecule has 0 aliphatic heterocycles. The van der Waals surface area contributed by atoms with E-state index in [0.29, 0.717) is 20.6 Å². The van der Waals surface area contributed by atoms with Crippen LogP contribution in [0.15, 0.2) is 59.4 Å². The first kappa shape index (κ1) is 17.4. The van der Waals surface area contributed by atoms with Crippen LogP contribution in [0, 0.1) is 0 Å². The highest BCUT2D eigenvalue weighted by molar-refractivity contribution is 7.23. The van der Waals surface area contributed by atoms with E-state index in [-0.39, 0.29) is 12.2 Å². The zero-order valence-corrected chi connectivity index (χ0v) is 16.6. The first-order valence-corrected chi connectivity index (χ1v) is 10.4. The SMILES string of the molecule is O=C(OCc1cc(=O)n2c(n1)sc1ccccc12)c1sc2ccccc2c1Cl. The van der Waals surface area contributed by atoms with Crippen LogP contribution in [-0.2, 0) is 11.3 Å². The van der Waals surface area contributed by atoms with Crippen molar-refractivity contribution < 1.29 is 9.53 Å². The third kappa shape index (κ3) is 2.79. The normalized spacial score (nSPS) is 11.5. The van der Waals surface area contributed by atoms with Gasteiger partial charge in [-0.05, 0) is 18.2 Å². The molecule has 0 N–H and O–H groups in total. The lowest BCUT2D eigenvalue weighted by Gasteiger charge is -2.04. The quantitative estimate of drug-likeness (QED) is 0.375. The summed E-state index contributed by atoms with van der Waals surface area (Å²) < 4.78 is 8.84. The zero-order valence-electron chi connectivity index (χ0n) is 14.2. The second-order valence-electron chi connectivity index (χ2n) is 6.09. The highest BCUT2D eigenvalue weighted by Crippen LogP contribution is 2.35. The van der Waals surface area contributed by atoms with Crippen molar-refractivity contribution in [3.05, 3.63) is 80.5 Å². The van der Waals surface area contributed by atoms with Gasteiger partial charge in [-0.3, -0.25) is 9.20 Å². The van der Waals surface area contributed by atoms with Crippen LogP contribution < -0.4 is 5.56 Å². The number of esters is 1. The van der Waals surface area contributed by atoms with Gasteiger partial charge in [0.25, 0.3) is 5.56 Å². The molecular formula is C20H11ClN2O3S2. The van der Waals surface area contributed by atoms with Gasteiger partial charge < -0.3 is 4.74 Å². The predicted molar refractivity (Wildman–Crippen MR) is 113 cm³/mol. The molecule has 0 saturated heterocycles. The molecule has 5 nitrogen and oxygen atoms in total. The Kier molecular flexibility index (Phi) is 4.16. The first-order valence-electron chi connectivity index (χ1n) is 8.36. The molecule has 0 aliphatic rings. The molecule has 0 amide bonds. The number of benzene rings is 2. The van der Waals surface area contributed by atoms with Gasteiger partial charge in [-0.2, -0.15) is 0 Å². The Balaban J connectivity index is 1.45. The van der Waals surface area contributed by atoms with Crippen LogP contribution in [0.4, 0.5) is 0 Å². The Labute approximate surface area is 171 Å². The summed E-state index contributed by atoms with van der Waals surface area (Å²) in [4.78, 5) is 30.4. The smallest absolute Gasteiger partial charge is 0.350 e. The fourth-order valence-electron chi connectivity index (χ4n) is 3.05. The maximum atomic E-state index is 12.5. The molecule has 8 heteroatoms. The van der Waals surface area contributed by atoms with E-state index in [0.717, 1.165) is 20.3 Å². The summed E-state index contributed by atoms with van der Waals surface area (Å²) in [6.45, 7) is -0.0939. The second-order valence-corrected chi connectivity index (χ2v) is 8.53. The van der Waals surface area contributed by atoms with Crippen LogP contribution in [0.1, 0.15) is 15.4 Å². The lowest BCUT2D eigenvalue weighted by atomic mass is 10.2. The molecule has 0 radical (unpaired) electrons. The van der Waals surface area contributed by atoms with E-state index < -0.39 is 5.97 Å². The van der Waals surface area contributed by atoms with Crippen LogP contribution in [0.2, 0.25) is 5.02 Å². The third-order valence-electron chi connectivity index (χ3n) is 4.32. The van der Waals surface area contributed by atoms with Crippen LogP contribution in [-0.4, -0.2) is 15.4 Å². The van der Waals surface area contributed by atoms with Gasteiger partial charge in [-0.15, -0.1) is 11.3 Å². The number of hydrogen-bond acceptors (Lipinski definition) is 6. The molecule has 2 aromatic carbocycles. The molecule has 0 bridgehead atoms. The minimum absolute atomic E-state index is 0.0939. The first-order chi connectivity index (χ1) is 13.6. The van der Waals surface area contributed by atoms with Crippen molar-refractivity contribution in [2.45, 2.75) is 6.61 Å². The number of thiazole rings is 1. The van der Waals surface area contributed by atoms with E-state index in [4.69, 9.17) is 16.3 Å². The molecular weight excluding hydrogens is 416 g/mol. The van der Waals surface area contributed by atoms with Crippen LogP contribution in [0.3, 0.4) is 0 Å². The van der Waals surface area contributed by atoms with Crippen LogP contribution in [0.5, 0.6) is 0 Å². The standard InChI is InChI=1S/C20H11ClN2O3S2/c21-17-12-5-1-3-7-14(12)27-18(17)19(25)26-10-11-9-16(24)23-13-6-2-4-8-15(13)28-20(23)22-11/h1-9H,10H2. The van der Waals surface area contributed by atoms with Crippen molar-refractivity contribution in [3.63, 3.8) is 0 Å². The molecule has 3 aromatic heterocycles. The Morgan fingerprint density at radius 1 is 1.07 bits per heavy atom. The highest BCUT2D eigenvalue weighted by Gasteiger charge is 2.19. The van der Waals surface area contributed by atoms with E-state index in [2.05, 4.69) is 4.98 Å². The molecule has 138 valence electrons. The monoisotopic (exact) mass is 426 g/mol. The van der Waals surface area contributed by atoms with Gasteiger partial charge in [0.15, 0.2) is 4.96 Å². The largest absolute Gasteiger partial charge is 0.455 e. The minimum Gasteiger partial charge on any atom is -0.455 e. The molecule has 0 aliphatic carbocycles. The molecule has 28 heavy (non-hydrogen) atoms. The molecule has 0 atom stereocenters. The predicted octanol–water partition coefficient (Wildman–Crippen LogP) is 5.13. The van der Waals surface area contributed by atoms with Crippen molar-refractivity contribution in [2.24, 2.45) is 0 Å². The molecule has 3 heterocycles. The third-order valence-corrected chi connectivity index (χ3v) is 7.00. The Morgan fingerprint density at radius 3 is 2.64 bits per heavy atom. The van der Waals surface area contributed by atoms with Crippen molar-refractivity contribution in [1.29, 1.82) is 0 Å². The van der Waals surface area contributed by atoms with Crippen molar-refractivity contribution in [3.8, 4) is 0 Å². The summed E-state index contributed by atoms with van der Waals surface area (Å²) in [5.41, 5.74) is 1.02. The Hall–Kier alpha value is -2.74. The zero-order chi connectivity index (χ0) is 19.3. The number of hydrogen-bond donors (Lipinski definition) is 0. The average Bonchev–Trinajstić information content (AvgIpc) is 3.24. The fraction of sp³-hybridized carbons (Fsp3) is 0.0500. The van der Waals surface area contributed by atoms with Gasteiger partial charge in [0.1, 0.15) is 11.5 Å². The summed E-state index contributed by atoms with van der Waals surface area (Å²) in [5.74, 6) is -0.524. The van der Waals surface area contributed by atoms with E-state index in [9.17, 15) is 9.59 Å². The molecule has 0 spiro atoms. The van der Waals surface area contributed by atoms with Crippen LogP contribution in [0.25, 0.3) is 25.3 Å². The number of para-hydroxylation sites is 1. The summed E-state index contributed by atoms with van der Waals surface area (Å²) in [5, 5.41) is 1.21. The molecule has 0 unspecified atom stereocenters. The number of rotatable bonds is 3. The summed E-state index contributed by atoms with van der Waals surface area (Å²) in [7, 11) is 0. The number of nitrogens with zero attached hydrogens (tertiary/aromatic N) is 2. The summed E-state index contributed by atoms with van der Waals surface area (Å²) >= 11 is 9.03. The number of aromatic nitrogens is 2. The Morgan fingerprint density at radius 2 is 1.82 bits per heavy atom. The lowest BCUT2D eigenvalue weighted by Crippen LogP contribution is -2.15. The van der Waals surface area contributed by atoms with Crippen LogP contribution >= 0.6 is 34.3 Å². The Bertz CT molecular complexity index is 1430. The fourth-order valence-corrected chi connectivity index (χ4v) is 5.50. The summed E-state index contributed by atoms with van der Waals surface area (Å²) in [6.07, 6.45) is 0. The molecule has 5 rings (SSSR count). The molecule has 5 aromatic rings. The number of carbonyl (C=O) groups excluding carboxylic acids is 1. The van der Waals surface area contributed by atoms with Crippen molar-refractivity contribution in [2.75, 3.05) is 0 Å². The van der Waals surface area contributed by atoms with Gasteiger partial charge in [0.2, 0.25) is 0 Å². The van der Waals surface area contributed by atoms with Gasteiger partial charge in [0, 0.05) is 16.2 Å². The van der Waals surface area contributed by atoms with Gasteiger partial charge in [-0.1, -0.05) is 53.3 Å². The van der Waals surface area contributed by atoms with Gasteiger partial charge in [-0.25, -0.2) is 9.78 Å².